The number of nitrogens with zero attached hydrogens (tertiary/aromatic N) is 8. The Kier molecular flexibility index (Phi) is 3.91. The van der Waals surface area contributed by atoms with E-state index in [1.807, 2.05) is 36.3 Å². The van der Waals surface area contributed by atoms with Crippen LogP contribution in [0.4, 0.5) is 0 Å². The van der Waals surface area contributed by atoms with Crippen LogP contribution in [0, 0.1) is 0 Å². The number of rotatable bonds is 3. The van der Waals surface area contributed by atoms with Gasteiger partial charge >= 0.3 is 0 Å². The lowest BCUT2D eigenvalue weighted by molar-refractivity contribution is -0.0393. The average Bonchev–Trinajstić information content (AvgIpc) is 3.40. The number of fused-ring (bicyclic) bond motifs is 1. The Hall–Kier alpha value is -2.78. The zero-order chi connectivity index (χ0) is 18.4. The van der Waals surface area contributed by atoms with Crippen LogP contribution in [-0.2, 0) is 11.8 Å². The molecule has 1 aliphatic rings. The van der Waals surface area contributed by atoms with Gasteiger partial charge in [0.2, 0.25) is 5.82 Å². The van der Waals surface area contributed by atoms with E-state index in [-0.39, 0.29) is 6.23 Å². The van der Waals surface area contributed by atoms with E-state index < -0.39 is 0 Å². The van der Waals surface area contributed by atoms with Gasteiger partial charge in [0.1, 0.15) is 11.9 Å². The summed E-state index contributed by atoms with van der Waals surface area (Å²) in [5, 5.41) is 22.4. The third-order valence-electron chi connectivity index (χ3n) is 4.62. The molecule has 5 rings (SSSR count). The third-order valence-corrected chi connectivity index (χ3v) is 4.80. The fourth-order valence-corrected chi connectivity index (χ4v) is 3.49. The van der Waals surface area contributed by atoms with Crippen LogP contribution < -0.4 is 0 Å². The molecule has 9 nitrogen and oxygen atoms in total. The summed E-state index contributed by atoms with van der Waals surface area (Å²) in [6.45, 7) is 0.762. The summed E-state index contributed by atoms with van der Waals surface area (Å²) >= 11 is 6.26. The minimum absolute atomic E-state index is 0.0349. The molecule has 10 heteroatoms. The largest absolute Gasteiger partial charge is 0.357 e. The molecule has 0 aliphatic carbocycles. The highest BCUT2D eigenvalue weighted by atomic mass is 35.5. The van der Waals surface area contributed by atoms with Gasteiger partial charge in [0.25, 0.3) is 0 Å². The van der Waals surface area contributed by atoms with Gasteiger partial charge in [-0.1, -0.05) is 11.6 Å². The molecule has 5 heterocycles. The molecule has 0 bridgehead atoms. The lowest BCUT2D eigenvalue weighted by atomic mass is 10.2. The summed E-state index contributed by atoms with van der Waals surface area (Å²) in [7, 11) is 1.86. The first-order valence-corrected chi connectivity index (χ1v) is 9.16. The molecule has 0 saturated carbocycles. The Morgan fingerprint density at radius 3 is 2.74 bits per heavy atom. The maximum atomic E-state index is 6.26. The van der Waals surface area contributed by atoms with Crippen LogP contribution in [-0.4, -0.2) is 46.0 Å². The Balaban J connectivity index is 1.59. The number of aryl methyl sites for hydroxylation is 1. The zero-order valence-electron chi connectivity index (χ0n) is 14.7. The van der Waals surface area contributed by atoms with Crippen LogP contribution >= 0.6 is 11.6 Å². The van der Waals surface area contributed by atoms with Crippen molar-refractivity contribution < 1.29 is 4.74 Å². The first-order chi connectivity index (χ1) is 13.2. The number of aromatic nitrogens is 8. The molecule has 1 saturated heterocycles. The molecule has 0 aromatic carbocycles. The Bertz CT molecular complexity index is 1110. The van der Waals surface area contributed by atoms with Gasteiger partial charge < -0.3 is 4.74 Å². The molecular weight excluding hydrogens is 368 g/mol. The highest BCUT2D eigenvalue weighted by molar-refractivity contribution is 6.29. The van der Waals surface area contributed by atoms with Crippen LogP contribution in [0.15, 0.2) is 30.6 Å². The molecule has 0 N–H and O–H groups in total. The maximum Gasteiger partial charge on any atom is 0.205 e. The van der Waals surface area contributed by atoms with Crippen molar-refractivity contribution in [3.8, 4) is 22.8 Å². The summed E-state index contributed by atoms with van der Waals surface area (Å²) < 4.78 is 11.0. The zero-order valence-corrected chi connectivity index (χ0v) is 15.4. The molecule has 0 radical (unpaired) electrons. The molecule has 27 heavy (non-hydrogen) atoms. The van der Waals surface area contributed by atoms with Gasteiger partial charge in [0.15, 0.2) is 10.8 Å². The van der Waals surface area contributed by atoms with Crippen molar-refractivity contribution in [2.75, 3.05) is 6.61 Å². The highest BCUT2D eigenvalue weighted by Crippen LogP contribution is 2.28. The van der Waals surface area contributed by atoms with Gasteiger partial charge in [-0.15, -0.1) is 10.2 Å². The second kappa shape index (κ2) is 6.43. The summed E-state index contributed by atoms with van der Waals surface area (Å²) in [5.74, 6) is 0.527. The number of halogens is 1. The average molecular weight is 385 g/mol. The fraction of sp³-hybridized carbons (Fsp3) is 0.353. The quantitative estimate of drug-likeness (QED) is 0.539. The van der Waals surface area contributed by atoms with Crippen molar-refractivity contribution in [1.82, 2.24) is 39.4 Å². The molecule has 4 aromatic heterocycles. The van der Waals surface area contributed by atoms with E-state index in [0.717, 1.165) is 37.1 Å². The lowest BCUT2D eigenvalue weighted by Gasteiger charge is -2.22. The fourth-order valence-electron chi connectivity index (χ4n) is 3.31. The van der Waals surface area contributed by atoms with Gasteiger partial charge in [-0.3, -0.25) is 4.68 Å². The summed E-state index contributed by atoms with van der Waals surface area (Å²) in [5.41, 5.74) is 2.77. The Labute approximate surface area is 159 Å². The van der Waals surface area contributed by atoms with Crippen molar-refractivity contribution in [3.63, 3.8) is 0 Å². The number of hydrogen-bond acceptors (Lipinski definition) is 6. The van der Waals surface area contributed by atoms with Gasteiger partial charge in [-0.25, -0.2) is 4.68 Å². The Morgan fingerprint density at radius 1 is 1.07 bits per heavy atom. The predicted molar refractivity (Wildman–Crippen MR) is 98.1 cm³/mol. The van der Waals surface area contributed by atoms with Gasteiger partial charge in [0, 0.05) is 26.0 Å². The lowest BCUT2D eigenvalue weighted by Crippen LogP contribution is -2.18. The second-order valence-corrected chi connectivity index (χ2v) is 6.90. The molecule has 4 aromatic rings. The molecule has 1 fully saturated rings. The van der Waals surface area contributed by atoms with Crippen molar-refractivity contribution >= 4 is 17.2 Å². The van der Waals surface area contributed by atoms with Gasteiger partial charge in [-0.05, 0) is 37.5 Å². The minimum atomic E-state index is -0.0349. The van der Waals surface area contributed by atoms with E-state index in [2.05, 4.69) is 25.5 Å². The minimum Gasteiger partial charge on any atom is -0.357 e. The molecule has 138 valence electrons. The standard InChI is InChI=1S/C17H17ClN8O/c1-24-7-5-12(21-24)11-10-14(18)23-26-16(11)19-20-17(26)13-6-8-25(22-13)15-4-2-3-9-27-15/h5-8,10,15H,2-4,9H2,1H3. The van der Waals surface area contributed by atoms with E-state index in [1.165, 1.54) is 0 Å². The highest BCUT2D eigenvalue weighted by Gasteiger charge is 2.21. The van der Waals surface area contributed by atoms with Gasteiger partial charge in [-0.2, -0.15) is 19.8 Å². The van der Waals surface area contributed by atoms with Crippen molar-refractivity contribution in [2.24, 2.45) is 7.05 Å². The molecular formula is C17H17ClN8O. The van der Waals surface area contributed by atoms with E-state index in [1.54, 1.807) is 15.3 Å². The SMILES string of the molecule is Cn1ccc(-c2cc(Cl)nn3c(-c4ccn(C5CCCCO5)n4)nnc23)n1. The first-order valence-electron chi connectivity index (χ1n) is 8.78. The van der Waals surface area contributed by atoms with Crippen molar-refractivity contribution in [3.05, 3.63) is 35.7 Å². The number of hydrogen-bond donors (Lipinski definition) is 0. The summed E-state index contributed by atoms with van der Waals surface area (Å²) in [6.07, 6.45) is 6.92. The van der Waals surface area contributed by atoms with Crippen molar-refractivity contribution in [1.29, 1.82) is 0 Å². The topological polar surface area (TPSA) is 88.0 Å². The van der Waals surface area contributed by atoms with E-state index in [9.17, 15) is 0 Å². The van der Waals surface area contributed by atoms with Gasteiger partial charge in [0.05, 0.1) is 11.3 Å². The molecule has 1 unspecified atom stereocenters. The van der Waals surface area contributed by atoms with Crippen LogP contribution in [0.25, 0.3) is 28.4 Å². The predicted octanol–water partition coefficient (Wildman–Crippen LogP) is 2.74. The van der Waals surface area contributed by atoms with Crippen LogP contribution in [0.2, 0.25) is 5.15 Å². The Morgan fingerprint density at radius 2 is 1.96 bits per heavy atom. The van der Waals surface area contributed by atoms with Crippen LogP contribution in [0.5, 0.6) is 0 Å². The molecule has 0 amide bonds. The molecule has 0 spiro atoms. The number of ether oxygens (including phenoxy) is 1. The maximum absolute atomic E-state index is 6.26. The third kappa shape index (κ3) is 2.88. The summed E-state index contributed by atoms with van der Waals surface area (Å²) in [4.78, 5) is 0. The first kappa shape index (κ1) is 16.4. The van der Waals surface area contributed by atoms with E-state index >= 15 is 0 Å². The smallest absolute Gasteiger partial charge is 0.205 e. The van der Waals surface area contributed by atoms with Crippen LogP contribution in [0.1, 0.15) is 25.5 Å². The monoisotopic (exact) mass is 384 g/mol. The van der Waals surface area contributed by atoms with Crippen molar-refractivity contribution in [2.45, 2.75) is 25.5 Å². The van der Waals surface area contributed by atoms with Crippen LogP contribution in [0.3, 0.4) is 0 Å². The van der Waals surface area contributed by atoms with E-state index in [4.69, 9.17) is 16.3 Å². The summed E-state index contributed by atoms with van der Waals surface area (Å²) in [6, 6.07) is 5.53. The van der Waals surface area contributed by atoms with E-state index in [0.29, 0.717) is 22.3 Å². The normalized spacial score (nSPS) is 17.6. The second-order valence-electron chi connectivity index (χ2n) is 6.52. The molecule has 1 atom stereocenters. The molecule has 1 aliphatic heterocycles.